The summed E-state index contributed by atoms with van der Waals surface area (Å²) in [7, 11) is 0. The minimum Gasteiger partial charge on any atom is -0.376 e. The molecule has 1 atom stereocenters. The quantitative estimate of drug-likeness (QED) is 0.562. The highest BCUT2D eigenvalue weighted by molar-refractivity contribution is 5.25. The molecule has 0 spiro atoms. The van der Waals surface area contributed by atoms with Crippen LogP contribution in [0.3, 0.4) is 0 Å². The number of likely N-dealkylation sites (tertiary alicyclic amines) is 1. The van der Waals surface area contributed by atoms with E-state index in [9.17, 15) is 0 Å². The van der Waals surface area contributed by atoms with Crippen molar-refractivity contribution in [2.24, 2.45) is 11.8 Å². The zero-order chi connectivity index (χ0) is 22.4. The van der Waals surface area contributed by atoms with Crippen LogP contribution in [0.2, 0.25) is 0 Å². The van der Waals surface area contributed by atoms with Crippen molar-refractivity contribution in [3.8, 4) is 0 Å². The molecule has 4 nitrogen and oxygen atoms in total. The molecule has 0 amide bonds. The molecule has 0 radical (unpaired) electrons. The van der Waals surface area contributed by atoms with Crippen molar-refractivity contribution in [1.82, 2.24) is 14.8 Å². The molecule has 1 aromatic carbocycles. The number of nitrogens with zero attached hydrogens (tertiary/aromatic N) is 3. The van der Waals surface area contributed by atoms with Gasteiger partial charge in [-0.3, -0.25) is 14.8 Å². The van der Waals surface area contributed by atoms with Gasteiger partial charge in [0.15, 0.2) is 0 Å². The monoisotopic (exact) mass is 435 g/mol. The minimum absolute atomic E-state index is 0.0177. The largest absolute Gasteiger partial charge is 0.376 e. The molecule has 0 saturated carbocycles. The number of pyridine rings is 1. The molecular formula is C28H41N3O. The molecule has 174 valence electrons. The van der Waals surface area contributed by atoms with Crippen molar-refractivity contribution in [1.29, 1.82) is 0 Å². The molecule has 1 aromatic heterocycles. The van der Waals surface area contributed by atoms with Crippen LogP contribution < -0.4 is 0 Å². The first-order valence-corrected chi connectivity index (χ1v) is 12.5. The molecular weight excluding hydrogens is 394 g/mol. The van der Waals surface area contributed by atoms with Gasteiger partial charge in [-0.2, -0.15) is 0 Å². The van der Waals surface area contributed by atoms with Crippen LogP contribution in [0.4, 0.5) is 0 Å². The van der Waals surface area contributed by atoms with Gasteiger partial charge in [0.05, 0.1) is 5.60 Å². The zero-order valence-corrected chi connectivity index (χ0v) is 20.3. The SMILES string of the molecule is Cc1ccccc1CN1CCC(CN(Cc2cccnc2)C[C@H]2CCOC(C)(C)C2)CC1. The van der Waals surface area contributed by atoms with Crippen LogP contribution in [-0.4, -0.2) is 53.2 Å². The van der Waals surface area contributed by atoms with Crippen molar-refractivity contribution >= 4 is 0 Å². The number of aromatic nitrogens is 1. The first-order valence-electron chi connectivity index (χ1n) is 12.5. The fraction of sp³-hybridized carbons (Fsp3) is 0.607. The van der Waals surface area contributed by atoms with E-state index in [1.165, 1.54) is 62.1 Å². The van der Waals surface area contributed by atoms with Crippen LogP contribution in [-0.2, 0) is 17.8 Å². The fourth-order valence-corrected chi connectivity index (χ4v) is 5.55. The van der Waals surface area contributed by atoms with Gasteiger partial charge in [0, 0.05) is 45.2 Å². The van der Waals surface area contributed by atoms with Gasteiger partial charge in [0.1, 0.15) is 0 Å². The summed E-state index contributed by atoms with van der Waals surface area (Å²) in [4.78, 5) is 9.72. The van der Waals surface area contributed by atoms with Crippen molar-refractivity contribution in [3.63, 3.8) is 0 Å². The summed E-state index contributed by atoms with van der Waals surface area (Å²) in [5.74, 6) is 1.50. The molecule has 0 aliphatic carbocycles. The van der Waals surface area contributed by atoms with E-state index in [2.05, 4.69) is 72.0 Å². The summed E-state index contributed by atoms with van der Waals surface area (Å²) in [6.07, 6.45) is 8.85. The van der Waals surface area contributed by atoms with Gasteiger partial charge in [-0.25, -0.2) is 0 Å². The number of piperidine rings is 1. The standard InChI is InChI=1S/C28H41N3O/c1-23-7-4-5-9-27(23)22-30-14-10-24(11-15-30)19-31(21-26-8-6-13-29-18-26)20-25-12-16-32-28(2,3)17-25/h4-9,13,18,24-25H,10-12,14-17,19-22H2,1-3H3/t25-/m0/s1. The number of aryl methyl sites for hydroxylation is 1. The second kappa shape index (κ2) is 10.9. The third-order valence-corrected chi connectivity index (χ3v) is 7.32. The summed E-state index contributed by atoms with van der Waals surface area (Å²) >= 11 is 0. The van der Waals surface area contributed by atoms with Gasteiger partial charge in [-0.1, -0.05) is 30.3 Å². The van der Waals surface area contributed by atoms with Crippen molar-refractivity contribution in [3.05, 3.63) is 65.5 Å². The van der Waals surface area contributed by atoms with Gasteiger partial charge >= 0.3 is 0 Å². The Morgan fingerprint density at radius 2 is 1.81 bits per heavy atom. The number of rotatable bonds is 8. The number of hydrogen-bond acceptors (Lipinski definition) is 4. The molecule has 2 aliphatic rings. The van der Waals surface area contributed by atoms with E-state index >= 15 is 0 Å². The van der Waals surface area contributed by atoms with E-state index in [0.717, 1.165) is 38.0 Å². The van der Waals surface area contributed by atoms with Crippen LogP contribution in [0.1, 0.15) is 56.2 Å². The predicted octanol–water partition coefficient (Wildman–Crippen LogP) is 5.31. The normalized spacial score (nSPS) is 22.3. The average Bonchev–Trinajstić information content (AvgIpc) is 2.77. The number of hydrogen-bond donors (Lipinski definition) is 0. The Labute approximate surface area is 195 Å². The van der Waals surface area contributed by atoms with E-state index in [1.807, 2.05) is 12.4 Å². The third kappa shape index (κ3) is 6.87. The van der Waals surface area contributed by atoms with Gasteiger partial charge in [-0.15, -0.1) is 0 Å². The Bertz CT molecular complexity index is 830. The van der Waals surface area contributed by atoms with Crippen molar-refractivity contribution in [2.75, 3.05) is 32.8 Å². The Morgan fingerprint density at radius 3 is 2.53 bits per heavy atom. The van der Waals surface area contributed by atoms with Crippen molar-refractivity contribution in [2.45, 2.75) is 65.1 Å². The van der Waals surface area contributed by atoms with Gasteiger partial charge in [0.2, 0.25) is 0 Å². The summed E-state index contributed by atoms with van der Waals surface area (Å²) in [5, 5.41) is 0. The van der Waals surface area contributed by atoms with E-state index in [-0.39, 0.29) is 5.60 Å². The lowest BCUT2D eigenvalue weighted by Crippen LogP contribution is -2.42. The van der Waals surface area contributed by atoms with Crippen LogP contribution in [0.15, 0.2) is 48.8 Å². The summed E-state index contributed by atoms with van der Waals surface area (Å²) in [6, 6.07) is 13.1. The molecule has 2 saturated heterocycles. The maximum Gasteiger partial charge on any atom is 0.0629 e. The Kier molecular flexibility index (Phi) is 7.98. The van der Waals surface area contributed by atoms with Crippen LogP contribution in [0.5, 0.6) is 0 Å². The lowest BCUT2D eigenvalue weighted by molar-refractivity contribution is -0.0778. The lowest BCUT2D eigenvalue weighted by Gasteiger charge is -2.40. The molecule has 2 aliphatic heterocycles. The highest BCUT2D eigenvalue weighted by Gasteiger charge is 2.31. The first-order chi connectivity index (χ1) is 15.5. The summed E-state index contributed by atoms with van der Waals surface area (Å²) < 4.78 is 5.98. The van der Waals surface area contributed by atoms with E-state index in [0.29, 0.717) is 0 Å². The van der Waals surface area contributed by atoms with Gasteiger partial charge in [-0.05, 0) is 94.1 Å². The smallest absolute Gasteiger partial charge is 0.0629 e. The van der Waals surface area contributed by atoms with E-state index < -0.39 is 0 Å². The molecule has 0 bridgehead atoms. The van der Waals surface area contributed by atoms with Crippen LogP contribution in [0, 0.1) is 18.8 Å². The number of benzene rings is 1. The third-order valence-electron chi connectivity index (χ3n) is 7.32. The summed E-state index contributed by atoms with van der Waals surface area (Å²) in [5.41, 5.74) is 4.24. The van der Waals surface area contributed by atoms with Crippen LogP contribution >= 0.6 is 0 Å². The van der Waals surface area contributed by atoms with E-state index in [4.69, 9.17) is 4.74 Å². The molecule has 32 heavy (non-hydrogen) atoms. The molecule has 0 N–H and O–H groups in total. The fourth-order valence-electron chi connectivity index (χ4n) is 5.55. The van der Waals surface area contributed by atoms with E-state index in [1.54, 1.807) is 0 Å². The molecule has 3 heterocycles. The highest BCUT2D eigenvalue weighted by Crippen LogP contribution is 2.30. The number of ether oxygens (including phenoxy) is 1. The second-order valence-electron chi connectivity index (χ2n) is 10.7. The zero-order valence-electron chi connectivity index (χ0n) is 20.3. The molecule has 2 aromatic rings. The van der Waals surface area contributed by atoms with Crippen molar-refractivity contribution < 1.29 is 4.74 Å². The predicted molar refractivity (Wildman–Crippen MR) is 131 cm³/mol. The topological polar surface area (TPSA) is 28.6 Å². The maximum atomic E-state index is 5.98. The van der Waals surface area contributed by atoms with Gasteiger partial charge < -0.3 is 4.74 Å². The maximum absolute atomic E-state index is 5.98. The lowest BCUT2D eigenvalue weighted by atomic mass is 9.87. The minimum atomic E-state index is 0.0177. The highest BCUT2D eigenvalue weighted by atomic mass is 16.5. The molecule has 4 rings (SSSR count). The Balaban J connectivity index is 1.33. The Hall–Kier alpha value is -1.75. The molecule has 2 fully saturated rings. The van der Waals surface area contributed by atoms with Crippen LogP contribution in [0.25, 0.3) is 0 Å². The molecule has 4 heteroatoms. The Morgan fingerprint density at radius 1 is 1.03 bits per heavy atom. The molecule has 0 unspecified atom stereocenters. The van der Waals surface area contributed by atoms with Gasteiger partial charge in [0.25, 0.3) is 0 Å². The average molecular weight is 436 g/mol. The summed E-state index contributed by atoms with van der Waals surface area (Å²) in [6.45, 7) is 14.5. The first kappa shape index (κ1) is 23.4. The second-order valence-corrected chi connectivity index (χ2v) is 10.7.